The van der Waals surface area contributed by atoms with Crippen molar-refractivity contribution in [3.8, 4) is 0 Å². The van der Waals surface area contributed by atoms with Crippen molar-refractivity contribution in [2.24, 2.45) is 0 Å². The molecule has 5 nitrogen and oxygen atoms in total. The van der Waals surface area contributed by atoms with Crippen LogP contribution in [0, 0.1) is 0 Å². The van der Waals surface area contributed by atoms with Gasteiger partial charge >= 0.3 is 0 Å². The average Bonchev–Trinajstić information content (AvgIpc) is 3.20. The first-order valence-electron chi connectivity index (χ1n) is 7.97. The second-order valence-electron chi connectivity index (χ2n) is 5.74. The summed E-state index contributed by atoms with van der Waals surface area (Å²) in [5, 5.41) is 0. The fourth-order valence-electron chi connectivity index (χ4n) is 2.96. The molecule has 1 atom stereocenters. The minimum absolute atomic E-state index is 0.118. The highest BCUT2D eigenvalue weighted by molar-refractivity contribution is 5.81. The van der Waals surface area contributed by atoms with Crippen molar-refractivity contribution >= 4 is 5.91 Å². The molecule has 0 aromatic carbocycles. The molecular formula is C17H22N4O. The summed E-state index contributed by atoms with van der Waals surface area (Å²) in [6, 6.07) is 3.81. The number of aromatic nitrogens is 3. The molecule has 0 aliphatic carbocycles. The third-order valence-electron chi connectivity index (χ3n) is 4.17. The predicted octanol–water partition coefficient (Wildman–Crippen LogP) is 2.72. The van der Waals surface area contributed by atoms with Gasteiger partial charge in [0.15, 0.2) is 0 Å². The van der Waals surface area contributed by atoms with Crippen LogP contribution in [0.25, 0.3) is 0 Å². The Bertz CT molecular complexity index is 651. The molecular weight excluding hydrogens is 276 g/mol. The Labute approximate surface area is 131 Å². The molecule has 0 spiro atoms. The van der Waals surface area contributed by atoms with E-state index in [0.717, 1.165) is 36.3 Å². The van der Waals surface area contributed by atoms with E-state index in [0.29, 0.717) is 13.1 Å². The van der Waals surface area contributed by atoms with Crippen LogP contribution in [-0.2, 0) is 24.3 Å². The van der Waals surface area contributed by atoms with Gasteiger partial charge in [-0.3, -0.25) is 4.79 Å². The van der Waals surface area contributed by atoms with Crippen molar-refractivity contribution in [3.05, 3.63) is 47.8 Å². The summed E-state index contributed by atoms with van der Waals surface area (Å²) in [5.74, 6) is 1.03. The van der Waals surface area contributed by atoms with Gasteiger partial charge in [0.2, 0.25) is 5.91 Å². The fraction of sp³-hybridized carbons (Fsp3) is 0.471. The lowest BCUT2D eigenvalue weighted by molar-refractivity contribution is -0.135. The molecule has 22 heavy (non-hydrogen) atoms. The molecule has 0 N–H and O–H groups in total. The van der Waals surface area contributed by atoms with Crippen molar-refractivity contribution in [1.82, 2.24) is 19.4 Å². The molecule has 1 aliphatic rings. The first-order chi connectivity index (χ1) is 10.7. The molecule has 0 saturated carbocycles. The van der Waals surface area contributed by atoms with Gasteiger partial charge in [0.1, 0.15) is 11.9 Å². The lowest BCUT2D eigenvalue weighted by Gasteiger charge is -2.24. The van der Waals surface area contributed by atoms with E-state index in [2.05, 4.69) is 16.9 Å². The molecule has 2 aromatic rings. The molecule has 0 bridgehead atoms. The summed E-state index contributed by atoms with van der Waals surface area (Å²) in [7, 11) is 0. The van der Waals surface area contributed by atoms with E-state index in [4.69, 9.17) is 0 Å². The standard InChI is InChI=1S/C17H22N4O/c1-3-7-15(20-8-5-6-9-20)17(22)21-11-13-10-18-16(4-2)19-14(13)12-21/h5-6,8-10,15H,3-4,7,11-12H2,1-2H3. The molecule has 2 aromatic heterocycles. The topological polar surface area (TPSA) is 51.0 Å². The number of aryl methyl sites for hydroxylation is 1. The van der Waals surface area contributed by atoms with E-state index in [1.807, 2.05) is 47.1 Å². The van der Waals surface area contributed by atoms with Gasteiger partial charge in [-0.2, -0.15) is 0 Å². The highest BCUT2D eigenvalue weighted by atomic mass is 16.2. The number of carbonyl (C=O) groups excluding carboxylic acids is 1. The van der Waals surface area contributed by atoms with Crippen molar-refractivity contribution < 1.29 is 4.79 Å². The Morgan fingerprint density at radius 3 is 2.73 bits per heavy atom. The number of hydrogen-bond acceptors (Lipinski definition) is 3. The Kier molecular flexibility index (Phi) is 4.22. The number of nitrogens with zero attached hydrogens (tertiary/aromatic N) is 4. The van der Waals surface area contributed by atoms with Crippen molar-refractivity contribution in [1.29, 1.82) is 0 Å². The van der Waals surface area contributed by atoms with Crippen LogP contribution < -0.4 is 0 Å². The third-order valence-corrected chi connectivity index (χ3v) is 4.17. The van der Waals surface area contributed by atoms with Gasteiger partial charge in [-0.15, -0.1) is 0 Å². The Morgan fingerprint density at radius 2 is 2.05 bits per heavy atom. The van der Waals surface area contributed by atoms with Crippen LogP contribution in [0.3, 0.4) is 0 Å². The molecule has 0 radical (unpaired) electrons. The Morgan fingerprint density at radius 1 is 1.27 bits per heavy atom. The minimum Gasteiger partial charge on any atom is -0.342 e. The van der Waals surface area contributed by atoms with Gasteiger partial charge < -0.3 is 9.47 Å². The van der Waals surface area contributed by atoms with E-state index < -0.39 is 0 Å². The Hall–Kier alpha value is -2.17. The van der Waals surface area contributed by atoms with E-state index in [9.17, 15) is 4.79 Å². The van der Waals surface area contributed by atoms with Crippen molar-refractivity contribution in [3.63, 3.8) is 0 Å². The maximum Gasteiger partial charge on any atom is 0.246 e. The monoisotopic (exact) mass is 298 g/mol. The lowest BCUT2D eigenvalue weighted by Crippen LogP contribution is -2.33. The minimum atomic E-state index is -0.118. The molecule has 0 saturated heterocycles. The lowest BCUT2D eigenvalue weighted by atomic mass is 10.1. The van der Waals surface area contributed by atoms with Crippen LogP contribution in [0.2, 0.25) is 0 Å². The zero-order valence-electron chi connectivity index (χ0n) is 13.2. The summed E-state index contributed by atoms with van der Waals surface area (Å²) >= 11 is 0. The van der Waals surface area contributed by atoms with Crippen LogP contribution in [-0.4, -0.2) is 25.3 Å². The van der Waals surface area contributed by atoms with Crippen molar-refractivity contribution in [2.75, 3.05) is 0 Å². The highest BCUT2D eigenvalue weighted by Crippen LogP contribution is 2.25. The van der Waals surface area contributed by atoms with Gasteiger partial charge in [0.25, 0.3) is 0 Å². The van der Waals surface area contributed by atoms with Gasteiger partial charge in [-0.05, 0) is 18.6 Å². The molecule has 3 rings (SSSR count). The zero-order chi connectivity index (χ0) is 15.5. The summed E-state index contributed by atoms with van der Waals surface area (Å²) in [6.07, 6.45) is 8.47. The molecule has 1 aliphatic heterocycles. The summed E-state index contributed by atoms with van der Waals surface area (Å²) in [5.41, 5.74) is 2.08. The van der Waals surface area contributed by atoms with Gasteiger partial charge in [0, 0.05) is 37.1 Å². The molecule has 1 unspecified atom stereocenters. The smallest absolute Gasteiger partial charge is 0.246 e. The SMILES string of the molecule is CCCC(C(=O)N1Cc2cnc(CC)nc2C1)n1cccc1. The van der Waals surface area contributed by atoms with E-state index in [1.165, 1.54) is 0 Å². The van der Waals surface area contributed by atoms with Crippen LogP contribution in [0.4, 0.5) is 0 Å². The number of amides is 1. The predicted molar refractivity (Wildman–Crippen MR) is 84.0 cm³/mol. The van der Waals surface area contributed by atoms with Gasteiger partial charge in [-0.1, -0.05) is 20.3 Å². The first kappa shape index (κ1) is 14.8. The van der Waals surface area contributed by atoms with E-state index >= 15 is 0 Å². The second-order valence-corrected chi connectivity index (χ2v) is 5.74. The number of hydrogen-bond donors (Lipinski definition) is 0. The van der Waals surface area contributed by atoms with E-state index in [1.54, 1.807) is 0 Å². The highest BCUT2D eigenvalue weighted by Gasteiger charge is 2.30. The quantitative estimate of drug-likeness (QED) is 0.853. The van der Waals surface area contributed by atoms with Crippen LogP contribution in [0.15, 0.2) is 30.7 Å². The van der Waals surface area contributed by atoms with Gasteiger partial charge in [0.05, 0.1) is 12.2 Å². The maximum absolute atomic E-state index is 12.9. The number of fused-ring (bicyclic) bond motifs is 1. The van der Waals surface area contributed by atoms with Crippen LogP contribution in [0.1, 0.15) is 49.8 Å². The van der Waals surface area contributed by atoms with Crippen LogP contribution >= 0.6 is 0 Å². The molecule has 116 valence electrons. The first-order valence-corrected chi connectivity index (χ1v) is 7.97. The average molecular weight is 298 g/mol. The summed E-state index contributed by atoms with van der Waals surface area (Å²) < 4.78 is 2.01. The normalized spacial score (nSPS) is 14.9. The zero-order valence-corrected chi connectivity index (χ0v) is 13.2. The van der Waals surface area contributed by atoms with Gasteiger partial charge in [-0.25, -0.2) is 9.97 Å². The fourth-order valence-corrected chi connectivity index (χ4v) is 2.96. The van der Waals surface area contributed by atoms with Crippen LogP contribution in [0.5, 0.6) is 0 Å². The molecule has 5 heteroatoms. The molecule has 3 heterocycles. The maximum atomic E-state index is 12.9. The summed E-state index contributed by atoms with van der Waals surface area (Å²) in [4.78, 5) is 23.7. The largest absolute Gasteiger partial charge is 0.342 e. The molecule has 0 fully saturated rings. The summed E-state index contributed by atoms with van der Waals surface area (Å²) in [6.45, 7) is 5.38. The van der Waals surface area contributed by atoms with Crippen molar-refractivity contribution in [2.45, 2.75) is 52.2 Å². The third kappa shape index (κ3) is 2.75. The number of rotatable bonds is 5. The Balaban J connectivity index is 1.78. The number of carbonyl (C=O) groups is 1. The molecule has 1 amide bonds. The van der Waals surface area contributed by atoms with E-state index in [-0.39, 0.29) is 11.9 Å². The second kappa shape index (κ2) is 6.30.